The normalized spacial score (nSPS) is 28.0. The van der Waals surface area contributed by atoms with E-state index in [4.69, 9.17) is 0 Å². The topological polar surface area (TPSA) is 20.2 Å². The van der Waals surface area contributed by atoms with E-state index < -0.39 is 0 Å². The molecule has 1 nitrogen and oxygen atoms in total. The average Bonchev–Trinajstić information content (AvgIpc) is 2.72. The van der Waals surface area contributed by atoms with Crippen molar-refractivity contribution in [3.63, 3.8) is 0 Å². The van der Waals surface area contributed by atoms with Crippen LogP contribution < -0.4 is 0 Å². The van der Waals surface area contributed by atoms with E-state index in [9.17, 15) is 5.11 Å². The van der Waals surface area contributed by atoms with Crippen LogP contribution in [0.25, 0.3) is 0 Å². The summed E-state index contributed by atoms with van der Waals surface area (Å²) < 4.78 is 0. The summed E-state index contributed by atoms with van der Waals surface area (Å²) in [6.07, 6.45) is 19.4. The van der Waals surface area contributed by atoms with Crippen molar-refractivity contribution in [2.45, 2.75) is 89.9 Å². The van der Waals surface area contributed by atoms with Gasteiger partial charge in [0.2, 0.25) is 0 Å². The van der Waals surface area contributed by atoms with E-state index in [1.807, 2.05) is 12.2 Å². The van der Waals surface area contributed by atoms with Gasteiger partial charge < -0.3 is 5.11 Å². The first-order valence-electron chi connectivity index (χ1n) is 11.7. The number of aromatic hydroxyl groups is 1. The van der Waals surface area contributed by atoms with Gasteiger partial charge in [-0.2, -0.15) is 0 Å². The van der Waals surface area contributed by atoms with Gasteiger partial charge >= 0.3 is 0 Å². The van der Waals surface area contributed by atoms with Gasteiger partial charge in [-0.1, -0.05) is 56.9 Å². The van der Waals surface area contributed by atoms with E-state index in [0.29, 0.717) is 11.7 Å². The molecule has 0 radical (unpaired) electrons. The van der Waals surface area contributed by atoms with Crippen molar-refractivity contribution < 1.29 is 5.11 Å². The maximum absolute atomic E-state index is 10.6. The van der Waals surface area contributed by atoms with Crippen LogP contribution in [0.3, 0.4) is 0 Å². The Morgan fingerprint density at radius 3 is 1.82 bits per heavy atom. The van der Waals surface area contributed by atoms with E-state index in [1.165, 1.54) is 69.8 Å². The Bertz CT molecular complexity index is 611. The molecule has 0 unspecified atom stereocenters. The molecular weight excluding hydrogens is 340 g/mol. The lowest BCUT2D eigenvalue weighted by Crippen LogP contribution is -2.25. The molecule has 2 fully saturated rings. The minimum Gasteiger partial charge on any atom is -0.507 e. The highest BCUT2D eigenvalue weighted by atomic mass is 16.3. The quantitative estimate of drug-likeness (QED) is 0.457. The number of phenolic OH excluding ortho intramolecular Hbond substituents is 1. The molecule has 0 atom stereocenters. The van der Waals surface area contributed by atoms with Crippen molar-refractivity contribution in [2.24, 2.45) is 17.8 Å². The molecule has 0 heterocycles. The first-order chi connectivity index (χ1) is 13.7. The number of benzene rings is 1. The zero-order valence-corrected chi connectivity index (χ0v) is 18.0. The van der Waals surface area contributed by atoms with Gasteiger partial charge in [0, 0.05) is 0 Å². The molecule has 0 bridgehead atoms. The fourth-order valence-electron chi connectivity index (χ4n) is 5.93. The summed E-state index contributed by atoms with van der Waals surface area (Å²) in [5.74, 6) is 4.06. The third-order valence-electron chi connectivity index (χ3n) is 7.52. The van der Waals surface area contributed by atoms with Gasteiger partial charge in [-0.15, -0.1) is 13.2 Å². The third-order valence-corrected chi connectivity index (χ3v) is 7.52. The van der Waals surface area contributed by atoms with Crippen LogP contribution in [-0.4, -0.2) is 5.11 Å². The summed E-state index contributed by atoms with van der Waals surface area (Å²) in [7, 11) is 0. The molecule has 0 amide bonds. The van der Waals surface area contributed by atoms with E-state index >= 15 is 0 Å². The molecule has 1 N–H and O–H groups in total. The third kappa shape index (κ3) is 5.10. The highest BCUT2D eigenvalue weighted by Gasteiger charge is 2.31. The van der Waals surface area contributed by atoms with E-state index in [1.54, 1.807) is 0 Å². The predicted molar refractivity (Wildman–Crippen MR) is 121 cm³/mol. The molecule has 2 aliphatic rings. The zero-order valence-electron chi connectivity index (χ0n) is 18.0. The fraction of sp³-hybridized carbons (Fsp3) is 0.630. The van der Waals surface area contributed by atoms with Crippen molar-refractivity contribution in [1.82, 2.24) is 0 Å². The second kappa shape index (κ2) is 10.3. The molecule has 0 saturated heterocycles. The number of allylic oxidation sites excluding steroid dienone is 2. The minimum atomic E-state index is 0.445. The van der Waals surface area contributed by atoms with Crippen LogP contribution >= 0.6 is 0 Å². The van der Waals surface area contributed by atoms with Gasteiger partial charge in [0.15, 0.2) is 0 Å². The Morgan fingerprint density at radius 2 is 1.36 bits per heavy atom. The number of phenols is 1. The Kier molecular flexibility index (Phi) is 7.82. The molecular formula is C27H40O. The molecule has 1 aromatic carbocycles. The zero-order chi connectivity index (χ0) is 19.9. The van der Waals surface area contributed by atoms with Gasteiger partial charge in [-0.05, 0) is 91.7 Å². The average molecular weight is 381 g/mol. The Labute approximate surface area is 172 Å². The van der Waals surface area contributed by atoms with Gasteiger partial charge in [-0.25, -0.2) is 0 Å². The summed E-state index contributed by atoms with van der Waals surface area (Å²) in [5, 5.41) is 10.6. The summed E-state index contributed by atoms with van der Waals surface area (Å²) in [5.41, 5.74) is 3.48. The molecule has 28 heavy (non-hydrogen) atoms. The van der Waals surface area contributed by atoms with Crippen LogP contribution in [-0.2, 0) is 12.8 Å². The number of hydrogen-bond acceptors (Lipinski definition) is 1. The fourth-order valence-corrected chi connectivity index (χ4v) is 5.93. The van der Waals surface area contributed by atoms with Crippen molar-refractivity contribution >= 4 is 0 Å². The highest BCUT2D eigenvalue weighted by Crippen LogP contribution is 2.45. The lowest BCUT2D eigenvalue weighted by molar-refractivity contribution is 0.156. The number of rotatable bonds is 8. The highest BCUT2D eigenvalue weighted by molar-refractivity contribution is 5.46. The molecule has 2 saturated carbocycles. The second-order valence-corrected chi connectivity index (χ2v) is 9.35. The second-order valence-electron chi connectivity index (χ2n) is 9.35. The summed E-state index contributed by atoms with van der Waals surface area (Å²) in [6, 6.07) is 4.48. The van der Waals surface area contributed by atoms with Crippen LogP contribution in [0.4, 0.5) is 0 Å². The van der Waals surface area contributed by atoms with Crippen LogP contribution in [0.1, 0.15) is 93.7 Å². The van der Waals surface area contributed by atoms with Crippen LogP contribution in [0.5, 0.6) is 5.75 Å². The minimum absolute atomic E-state index is 0.445. The van der Waals surface area contributed by atoms with Crippen molar-refractivity contribution in [1.29, 1.82) is 0 Å². The van der Waals surface area contributed by atoms with E-state index in [2.05, 4.69) is 32.2 Å². The Morgan fingerprint density at radius 1 is 0.857 bits per heavy atom. The van der Waals surface area contributed by atoms with Crippen LogP contribution in [0.15, 0.2) is 37.4 Å². The molecule has 1 aromatic rings. The lowest BCUT2D eigenvalue weighted by atomic mass is 9.68. The van der Waals surface area contributed by atoms with E-state index in [-0.39, 0.29) is 0 Å². The summed E-state index contributed by atoms with van der Waals surface area (Å²) in [6.45, 7) is 10.1. The van der Waals surface area contributed by atoms with Gasteiger partial charge in [0.05, 0.1) is 0 Å². The lowest BCUT2D eigenvalue weighted by Gasteiger charge is -2.38. The van der Waals surface area contributed by atoms with Crippen molar-refractivity contribution in [3.8, 4) is 5.75 Å². The first kappa shape index (κ1) is 21.2. The molecule has 3 rings (SSSR count). The standard InChI is InChI=1S/C27H40O/c1-4-7-20-10-12-21(13-11-20)22-14-16-23(17-15-22)26-18-24(8-5-2)27(28)25(19-26)9-6-3/h5-6,18-23,28H,2-4,7-17H2,1H3. The summed E-state index contributed by atoms with van der Waals surface area (Å²) >= 11 is 0. The smallest absolute Gasteiger partial charge is 0.122 e. The van der Waals surface area contributed by atoms with Crippen LogP contribution in [0.2, 0.25) is 0 Å². The monoisotopic (exact) mass is 380 g/mol. The van der Waals surface area contributed by atoms with Gasteiger partial charge in [-0.3, -0.25) is 0 Å². The molecule has 1 heteroatoms. The molecule has 154 valence electrons. The SMILES string of the molecule is C=CCc1cc(C2CCC(C3CCC(CCC)CC3)CC2)cc(CC=C)c1O. The van der Waals surface area contributed by atoms with Gasteiger partial charge in [0.25, 0.3) is 0 Å². The van der Waals surface area contributed by atoms with Gasteiger partial charge in [0.1, 0.15) is 5.75 Å². The summed E-state index contributed by atoms with van der Waals surface area (Å²) in [4.78, 5) is 0. The first-order valence-corrected chi connectivity index (χ1v) is 11.7. The largest absolute Gasteiger partial charge is 0.507 e. The maximum Gasteiger partial charge on any atom is 0.122 e. The predicted octanol–water partition coefficient (Wildman–Crippen LogP) is 7.73. The Hall–Kier alpha value is -1.50. The van der Waals surface area contributed by atoms with E-state index in [0.717, 1.165) is 41.7 Å². The molecule has 2 aliphatic carbocycles. The maximum atomic E-state index is 10.6. The molecule has 0 aliphatic heterocycles. The Balaban J connectivity index is 1.61. The number of hydrogen-bond donors (Lipinski definition) is 1. The van der Waals surface area contributed by atoms with Crippen molar-refractivity contribution in [3.05, 3.63) is 54.1 Å². The van der Waals surface area contributed by atoms with Crippen LogP contribution in [0, 0.1) is 17.8 Å². The van der Waals surface area contributed by atoms with Crippen molar-refractivity contribution in [2.75, 3.05) is 0 Å². The molecule has 0 aromatic heterocycles. The molecule has 0 spiro atoms.